The van der Waals surface area contributed by atoms with Crippen molar-refractivity contribution < 1.29 is 9.18 Å². The largest absolute Gasteiger partial charge is 0.347 e. The molecule has 0 amide bonds. The Kier molecular flexibility index (Phi) is 3.51. The summed E-state index contributed by atoms with van der Waals surface area (Å²) in [7, 11) is 0. The molecular weight excluding hydrogens is 245 g/mol. The predicted octanol–water partition coefficient (Wildman–Crippen LogP) is 2.93. The van der Waals surface area contributed by atoms with Crippen LogP contribution in [0.3, 0.4) is 0 Å². The topological polar surface area (TPSA) is 39.1 Å². The van der Waals surface area contributed by atoms with Gasteiger partial charge >= 0.3 is 0 Å². The van der Waals surface area contributed by atoms with Crippen molar-refractivity contribution in [2.75, 3.05) is 0 Å². The number of nitrogens with zero attached hydrogens (tertiary/aromatic N) is 1. The molecule has 1 heterocycles. The van der Waals surface area contributed by atoms with Crippen LogP contribution in [0.2, 0.25) is 0 Å². The standard InChI is InChI=1S/C15H16FNO2/c1-4-10-6-11-14(7-13(10)16)17(5-2)8-12(9(3)18)15(11)19/h6-8H,4-5H2,1-3H3. The molecule has 0 atom stereocenters. The molecule has 0 unspecified atom stereocenters. The first kappa shape index (κ1) is 13.5. The fourth-order valence-corrected chi connectivity index (χ4v) is 2.24. The number of ketones is 1. The van der Waals surface area contributed by atoms with Crippen LogP contribution in [0.1, 0.15) is 36.7 Å². The third kappa shape index (κ3) is 2.18. The number of benzene rings is 1. The Morgan fingerprint density at radius 2 is 2.00 bits per heavy atom. The molecule has 0 aliphatic carbocycles. The predicted molar refractivity (Wildman–Crippen MR) is 73.2 cm³/mol. The molecule has 2 aromatic rings. The van der Waals surface area contributed by atoms with Crippen molar-refractivity contribution in [3.05, 3.63) is 45.5 Å². The molecule has 0 aliphatic rings. The normalized spacial score (nSPS) is 10.9. The lowest BCUT2D eigenvalue weighted by molar-refractivity contribution is 0.101. The first-order chi connectivity index (χ1) is 8.99. The quantitative estimate of drug-likeness (QED) is 0.797. The van der Waals surface area contributed by atoms with E-state index in [0.29, 0.717) is 29.4 Å². The molecule has 100 valence electrons. The molecular formula is C15H16FNO2. The lowest BCUT2D eigenvalue weighted by Crippen LogP contribution is -2.18. The summed E-state index contributed by atoms with van der Waals surface area (Å²) in [6.45, 7) is 5.66. The Morgan fingerprint density at radius 3 is 2.53 bits per heavy atom. The van der Waals surface area contributed by atoms with E-state index in [1.165, 1.54) is 19.2 Å². The molecule has 0 radical (unpaired) electrons. The highest BCUT2D eigenvalue weighted by molar-refractivity contribution is 5.97. The Bertz CT molecular complexity index is 716. The molecule has 0 N–H and O–H groups in total. The van der Waals surface area contributed by atoms with Crippen LogP contribution in [-0.2, 0) is 13.0 Å². The van der Waals surface area contributed by atoms with Gasteiger partial charge in [0.05, 0.1) is 11.1 Å². The first-order valence-corrected chi connectivity index (χ1v) is 6.36. The van der Waals surface area contributed by atoms with Crippen molar-refractivity contribution in [1.82, 2.24) is 4.57 Å². The van der Waals surface area contributed by atoms with Crippen molar-refractivity contribution in [2.24, 2.45) is 0 Å². The maximum absolute atomic E-state index is 13.8. The minimum Gasteiger partial charge on any atom is -0.347 e. The number of carbonyl (C=O) groups excluding carboxylic acids is 1. The average Bonchev–Trinajstić information content (AvgIpc) is 2.38. The van der Waals surface area contributed by atoms with E-state index in [0.717, 1.165) is 0 Å². The number of aromatic nitrogens is 1. The fourth-order valence-electron chi connectivity index (χ4n) is 2.24. The second-order valence-electron chi connectivity index (χ2n) is 4.53. The third-order valence-corrected chi connectivity index (χ3v) is 3.35. The van der Waals surface area contributed by atoms with Gasteiger partial charge in [0.2, 0.25) is 0 Å². The highest BCUT2D eigenvalue weighted by Crippen LogP contribution is 2.18. The van der Waals surface area contributed by atoms with Crippen LogP contribution >= 0.6 is 0 Å². The molecule has 0 saturated heterocycles. The summed E-state index contributed by atoms with van der Waals surface area (Å²) in [5.41, 5.74) is 0.866. The van der Waals surface area contributed by atoms with Gasteiger partial charge in [-0.2, -0.15) is 0 Å². The van der Waals surface area contributed by atoms with Crippen LogP contribution < -0.4 is 5.43 Å². The zero-order chi connectivity index (χ0) is 14.2. The Balaban J connectivity index is 2.95. The zero-order valence-electron chi connectivity index (χ0n) is 11.3. The van der Waals surface area contributed by atoms with E-state index in [-0.39, 0.29) is 22.6 Å². The Hall–Kier alpha value is -1.97. The third-order valence-electron chi connectivity index (χ3n) is 3.35. The van der Waals surface area contributed by atoms with Gasteiger partial charge in [0.25, 0.3) is 0 Å². The van der Waals surface area contributed by atoms with Gasteiger partial charge in [0.15, 0.2) is 11.2 Å². The molecule has 0 bridgehead atoms. The minimum atomic E-state index is -0.318. The van der Waals surface area contributed by atoms with Gasteiger partial charge in [-0.25, -0.2) is 4.39 Å². The molecule has 0 fully saturated rings. The molecule has 4 heteroatoms. The van der Waals surface area contributed by atoms with E-state index in [4.69, 9.17) is 0 Å². The minimum absolute atomic E-state index is 0.156. The second-order valence-corrected chi connectivity index (χ2v) is 4.53. The van der Waals surface area contributed by atoms with E-state index in [1.807, 2.05) is 13.8 Å². The number of fused-ring (bicyclic) bond motifs is 1. The molecule has 0 spiro atoms. The maximum Gasteiger partial charge on any atom is 0.200 e. The summed E-state index contributed by atoms with van der Waals surface area (Å²) in [6.07, 6.45) is 2.02. The Morgan fingerprint density at radius 1 is 1.32 bits per heavy atom. The van der Waals surface area contributed by atoms with Gasteiger partial charge in [0.1, 0.15) is 5.82 Å². The number of Topliss-reactive ketones (excluding diaryl/α,β-unsaturated/α-hetero) is 1. The van der Waals surface area contributed by atoms with E-state index in [9.17, 15) is 14.0 Å². The number of carbonyl (C=O) groups is 1. The zero-order valence-corrected chi connectivity index (χ0v) is 11.3. The lowest BCUT2D eigenvalue weighted by atomic mass is 10.0. The number of rotatable bonds is 3. The van der Waals surface area contributed by atoms with Gasteiger partial charge in [-0.1, -0.05) is 6.92 Å². The van der Waals surface area contributed by atoms with Crippen LogP contribution in [0.25, 0.3) is 10.9 Å². The van der Waals surface area contributed by atoms with E-state index in [2.05, 4.69) is 0 Å². The second kappa shape index (κ2) is 4.96. The SMILES string of the molecule is CCc1cc2c(=O)c(C(C)=O)cn(CC)c2cc1F. The summed E-state index contributed by atoms with van der Waals surface area (Å²) in [6, 6.07) is 2.94. The van der Waals surface area contributed by atoms with Crippen LogP contribution in [0.15, 0.2) is 23.1 Å². The summed E-state index contributed by atoms with van der Waals surface area (Å²) in [4.78, 5) is 23.8. The van der Waals surface area contributed by atoms with E-state index in [1.54, 1.807) is 10.6 Å². The van der Waals surface area contributed by atoms with E-state index < -0.39 is 0 Å². The molecule has 1 aromatic heterocycles. The average molecular weight is 261 g/mol. The molecule has 0 aliphatic heterocycles. The van der Waals surface area contributed by atoms with Gasteiger partial charge in [-0.15, -0.1) is 0 Å². The van der Waals surface area contributed by atoms with Crippen LogP contribution in [0.4, 0.5) is 4.39 Å². The summed E-state index contributed by atoms with van der Waals surface area (Å²) in [5, 5.41) is 0.410. The van der Waals surface area contributed by atoms with Gasteiger partial charge < -0.3 is 4.57 Å². The summed E-state index contributed by atoms with van der Waals surface area (Å²) < 4.78 is 15.6. The molecule has 1 aromatic carbocycles. The Labute approximate surface area is 110 Å². The van der Waals surface area contributed by atoms with Crippen molar-refractivity contribution in [2.45, 2.75) is 33.7 Å². The van der Waals surface area contributed by atoms with Crippen LogP contribution in [0, 0.1) is 5.82 Å². The fraction of sp³-hybridized carbons (Fsp3) is 0.333. The van der Waals surface area contributed by atoms with Gasteiger partial charge in [-0.3, -0.25) is 9.59 Å². The maximum atomic E-state index is 13.8. The molecule has 0 saturated carbocycles. The highest BCUT2D eigenvalue weighted by Gasteiger charge is 2.14. The number of aryl methyl sites for hydroxylation is 2. The molecule has 2 rings (SSSR count). The smallest absolute Gasteiger partial charge is 0.200 e. The van der Waals surface area contributed by atoms with Crippen molar-refractivity contribution >= 4 is 16.7 Å². The number of hydrogen-bond donors (Lipinski definition) is 0. The van der Waals surface area contributed by atoms with Gasteiger partial charge in [0, 0.05) is 18.1 Å². The van der Waals surface area contributed by atoms with Crippen LogP contribution in [-0.4, -0.2) is 10.4 Å². The van der Waals surface area contributed by atoms with Crippen molar-refractivity contribution in [3.63, 3.8) is 0 Å². The van der Waals surface area contributed by atoms with Crippen molar-refractivity contribution in [3.8, 4) is 0 Å². The first-order valence-electron chi connectivity index (χ1n) is 6.36. The number of halogens is 1. The molecule has 3 nitrogen and oxygen atoms in total. The highest BCUT2D eigenvalue weighted by atomic mass is 19.1. The van der Waals surface area contributed by atoms with Gasteiger partial charge in [-0.05, 0) is 38.0 Å². The number of pyridine rings is 1. The van der Waals surface area contributed by atoms with E-state index >= 15 is 0 Å². The number of hydrogen-bond acceptors (Lipinski definition) is 2. The van der Waals surface area contributed by atoms with Crippen LogP contribution in [0.5, 0.6) is 0 Å². The lowest BCUT2D eigenvalue weighted by Gasteiger charge is -2.12. The summed E-state index contributed by atoms with van der Waals surface area (Å²) in [5.74, 6) is -0.580. The molecule has 19 heavy (non-hydrogen) atoms. The van der Waals surface area contributed by atoms with Crippen molar-refractivity contribution in [1.29, 1.82) is 0 Å². The summed E-state index contributed by atoms with van der Waals surface area (Å²) >= 11 is 0. The monoisotopic (exact) mass is 261 g/mol.